The lowest BCUT2D eigenvalue weighted by Crippen LogP contribution is -2.42. The largest absolute Gasteiger partial charge is 0.350 e. The molecule has 3 rings (SSSR count). The Morgan fingerprint density at radius 1 is 1.07 bits per heavy atom. The highest BCUT2D eigenvalue weighted by atomic mass is 32.2. The molecule has 0 aromatic heterocycles. The summed E-state index contributed by atoms with van der Waals surface area (Å²) in [6, 6.07) is 15.8. The lowest BCUT2D eigenvalue weighted by Gasteiger charge is -2.26. The fourth-order valence-corrected chi connectivity index (χ4v) is 4.68. The van der Waals surface area contributed by atoms with Crippen molar-refractivity contribution < 1.29 is 13.2 Å². The molecule has 2 N–H and O–H groups in total. The lowest BCUT2D eigenvalue weighted by molar-refractivity contribution is 0.0937. The normalized spacial score (nSPS) is 15.9. The van der Waals surface area contributed by atoms with Gasteiger partial charge < -0.3 is 5.32 Å². The van der Waals surface area contributed by atoms with E-state index in [1.165, 1.54) is 25.0 Å². The first-order valence-corrected chi connectivity index (χ1v) is 11.6. The molecule has 0 radical (unpaired) electrons. The van der Waals surface area contributed by atoms with Crippen molar-refractivity contribution in [2.45, 2.75) is 43.7 Å². The van der Waals surface area contributed by atoms with Crippen LogP contribution >= 0.6 is 0 Å². The Morgan fingerprint density at radius 2 is 1.79 bits per heavy atom. The number of nitrogens with zero attached hydrogens (tertiary/aromatic N) is 1. The van der Waals surface area contributed by atoms with Gasteiger partial charge >= 0.3 is 0 Å². The van der Waals surface area contributed by atoms with E-state index >= 15 is 0 Å². The van der Waals surface area contributed by atoms with E-state index < -0.39 is 10.0 Å². The summed E-state index contributed by atoms with van der Waals surface area (Å²) >= 11 is 0. The fourth-order valence-electron chi connectivity index (χ4n) is 3.61. The molecule has 2 aromatic rings. The van der Waals surface area contributed by atoms with E-state index in [-0.39, 0.29) is 17.3 Å². The minimum atomic E-state index is -3.70. The molecule has 1 unspecified atom stereocenters. The van der Waals surface area contributed by atoms with Crippen molar-refractivity contribution in [1.82, 2.24) is 14.9 Å². The fraction of sp³-hybridized carbons (Fsp3) is 0.409. The molecular weight excluding hydrogens is 386 g/mol. The van der Waals surface area contributed by atoms with Gasteiger partial charge in [-0.2, -0.15) is 0 Å². The highest BCUT2D eigenvalue weighted by Crippen LogP contribution is 2.15. The molecule has 0 aliphatic carbocycles. The molecule has 0 bridgehead atoms. The summed E-state index contributed by atoms with van der Waals surface area (Å²) < 4.78 is 27.8. The van der Waals surface area contributed by atoms with E-state index in [0.29, 0.717) is 18.2 Å². The molecule has 0 spiro atoms. The van der Waals surface area contributed by atoms with Crippen molar-refractivity contribution >= 4 is 15.9 Å². The quantitative estimate of drug-likeness (QED) is 0.660. The average molecular weight is 416 g/mol. The van der Waals surface area contributed by atoms with Gasteiger partial charge in [0.05, 0.1) is 4.90 Å². The zero-order valence-corrected chi connectivity index (χ0v) is 17.6. The topological polar surface area (TPSA) is 78.5 Å². The number of amides is 1. The van der Waals surface area contributed by atoms with Gasteiger partial charge in [0.25, 0.3) is 5.91 Å². The van der Waals surface area contributed by atoms with Crippen molar-refractivity contribution in [2.75, 3.05) is 19.6 Å². The van der Waals surface area contributed by atoms with E-state index in [1.807, 2.05) is 30.3 Å². The third-order valence-electron chi connectivity index (χ3n) is 5.34. The molecule has 2 aromatic carbocycles. The molecule has 1 amide bonds. The van der Waals surface area contributed by atoms with Crippen LogP contribution in [0.5, 0.6) is 0 Å². The molecule has 1 aliphatic heterocycles. The van der Waals surface area contributed by atoms with Gasteiger partial charge in [0.1, 0.15) is 0 Å². The smallest absolute Gasteiger partial charge is 0.251 e. The van der Waals surface area contributed by atoms with Gasteiger partial charge in [-0.3, -0.25) is 9.69 Å². The minimum absolute atomic E-state index is 0.0904. The van der Waals surface area contributed by atoms with Crippen LogP contribution in [0.25, 0.3) is 0 Å². The van der Waals surface area contributed by atoms with E-state index in [1.54, 1.807) is 12.1 Å². The zero-order chi connectivity index (χ0) is 20.7. The summed E-state index contributed by atoms with van der Waals surface area (Å²) in [5.41, 5.74) is 1.22. The maximum atomic E-state index is 12.6. The van der Waals surface area contributed by atoms with Crippen LogP contribution in [0.1, 0.15) is 42.1 Å². The molecule has 0 saturated carbocycles. The molecule has 1 saturated heterocycles. The van der Waals surface area contributed by atoms with Crippen LogP contribution < -0.4 is 10.0 Å². The first-order valence-electron chi connectivity index (χ1n) is 10.2. The van der Waals surface area contributed by atoms with Crippen LogP contribution in [0, 0.1) is 0 Å². The van der Waals surface area contributed by atoms with Crippen molar-refractivity contribution in [3.05, 3.63) is 65.7 Å². The number of likely N-dealkylation sites (tertiary alicyclic amines) is 1. The molecule has 7 heteroatoms. The molecule has 1 heterocycles. The van der Waals surface area contributed by atoms with E-state index in [4.69, 9.17) is 0 Å². The number of hydrogen-bond acceptors (Lipinski definition) is 4. The molecule has 1 atom stereocenters. The average Bonchev–Trinajstić information content (AvgIpc) is 3.28. The molecule has 156 valence electrons. The molecule has 29 heavy (non-hydrogen) atoms. The summed E-state index contributed by atoms with van der Waals surface area (Å²) in [6.45, 7) is 5.05. The second kappa shape index (κ2) is 10.0. The Bertz CT molecular complexity index is 910. The SMILES string of the molecule is CCC(CNC(=O)c1cccc(S(=O)(=O)NCc2ccccc2)c1)N1CCCC1. The number of carbonyl (C=O) groups excluding carboxylic acids is 1. The van der Waals surface area contributed by atoms with Crippen molar-refractivity contribution in [1.29, 1.82) is 0 Å². The summed E-state index contributed by atoms with van der Waals surface area (Å²) in [6.07, 6.45) is 3.39. The van der Waals surface area contributed by atoms with Crippen LogP contribution in [-0.4, -0.2) is 44.9 Å². The van der Waals surface area contributed by atoms with E-state index in [0.717, 1.165) is 25.1 Å². The van der Waals surface area contributed by atoms with Crippen LogP contribution in [0.2, 0.25) is 0 Å². The second-order valence-corrected chi connectivity index (χ2v) is 9.12. The molecule has 6 nitrogen and oxygen atoms in total. The predicted octanol–water partition coefficient (Wildman–Crippen LogP) is 2.77. The van der Waals surface area contributed by atoms with Gasteiger partial charge in [-0.25, -0.2) is 13.1 Å². The van der Waals surface area contributed by atoms with Crippen LogP contribution in [-0.2, 0) is 16.6 Å². The Labute approximate surface area is 173 Å². The lowest BCUT2D eigenvalue weighted by atomic mass is 10.1. The number of carbonyl (C=O) groups is 1. The van der Waals surface area contributed by atoms with Crippen molar-refractivity contribution in [3.63, 3.8) is 0 Å². The molecule has 1 fully saturated rings. The van der Waals surface area contributed by atoms with E-state index in [9.17, 15) is 13.2 Å². The summed E-state index contributed by atoms with van der Waals surface area (Å²) in [7, 11) is -3.70. The van der Waals surface area contributed by atoms with Crippen LogP contribution in [0.4, 0.5) is 0 Å². The number of nitrogens with one attached hydrogen (secondary N) is 2. The number of rotatable bonds is 9. The Morgan fingerprint density at radius 3 is 2.48 bits per heavy atom. The number of benzene rings is 2. The maximum absolute atomic E-state index is 12.6. The number of hydrogen-bond donors (Lipinski definition) is 2. The Hall–Kier alpha value is -2.22. The van der Waals surface area contributed by atoms with Gasteiger partial charge in [-0.1, -0.05) is 43.3 Å². The standard InChI is InChI=1S/C22H29N3O3S/c1-2-20(25-13-6-7-14-25)17-23-22(26)19-11-8-12-21(15-19)29(27,28)24-16-18-9-4-3-5-10-18/h3-5,8-12,15,20,24H,2,6-7,13-14,16-17H2,1H3,(H,23,26). The number of sulfonamides is 1. The predicted molar refractivity (Wildman–Crippen MR) is 114 cm³/mol. The van der Waals surface area contributed by atoms with Gasteiger partial charge in [0, 0.05) is 24.7 Å². The first-order chi connectivity index (χ1) is 14.0. The molecular formula is C22H29N3O3S. The van der Waals surface area contributed by atoms with Gasteiger partial charge in [0.2, 0.25) is 10.0 Å². The Kier molecular flexibility index (Phi) is 7.41. The minimum Gasteiger partial charge on any atom is -0.350 e. The van der Waals surface area contributed by atoms with E-state index in [2.05, 4.69) is 21.9 Å². The summed E-state index contributed by atoms with van der Waals surface area (Å²) in [4.78, 5) is 15.1. The third-order valence-corrected chi connectivity index (χ3v) is 6.74. The van der Waals surface area contributed by atoms with Gasteiger partial charge in [0.15, 0.2) is 0 Å². The maximum Gasteiger partial charge on any atom is 0.251 e. The van der Waals surface area contributed by atoms with Gasteiger partial charge in [-0.05, 0) is 56.1 Å². The Balaban J connectivity index is 1.62. The van der Waals surface area contributed by atoms with Gasteiger partial charge in [-0.15, -0.1) is 0 Å². The zero-order valence-electron chi connectivity index (χ0n) is 16.8. The highest BCUT2D eigenvalue weighted by molar-refractivity contribution is 7.89. The monoisotopic (exact) mass is 415 g/mol. The van der Waals surface area contributed by atoms with Crippen LogP contribution in [0.3, 0.4) is 0 Å². The summed E-state index contributed by atoms with van der Waals surface area (Å²) in [5.74, 6) is -0.247. The summed E-state index contributed by atoms with van der Waals surface area (Å²) in [5, 5.41) is 2.97. The molecule has 1 aliphatic rings. The second-order valence-electron chi connectivity index (χ2n) is 7.35. The third kappa shape index (κ3) is 5.88. The van der Waals surface area contributed by atoms with Crippen molar-refractivity contribution in [3.8, 4) is 0 Å². The van der Waals surface area contributed by atoms with Crippen LogP contribution in [0.15, 0.2) is 59.5 Å². The van der Waals surface area contributed by atoms with Crippen molar-refractivity contribution in [2.24, 2.45) is 0 Å². The first kappa shape index (κ1) is 21.5. The highest BCUT2D eigenvalue weighted by Gasteiger charge is 2.21.